The molecule has 0 radical (unpaired) electrons. The van der Waals surface area contributed by atoms with Gasteiger partial charge in [-0.25, -0.2) is 9.98 Å². The second kappa shape index (κ2) is 8.47. The Hall–Kier alpha value is -3.26. The standard InChI is InChI=1S/C23H20F3N3O2/c1-31-12-4-5-14-10-11-15-19(13-14)27-16-6-2-7-17(21(15)16)29-22(30)18-8-3-9-20(28-18)23(24,25)26/h2-3,6-11,13-14H,4-5,12H2,1H3,(H,29,30). The highest BCUT2D eigenvalue weighted by molar-refractivity contribution is 6.03. The van der Waals surface area contributed by atoms with E-state index >= 15 is 0 Å². The maximum Gasteiger partial charge on any atom is 0.433 e. The Morgan fingerprint density at radius 3 is 2.77 bits per heavy atom. The lowest BCUT2D eigenvalue weighted by Crippen LogP contribution is -2.29. The maximum absolute atomic E-state index is 12.9. The number of nitrogens with zero attached hydrogens (tertiary/aromatic N) is 2. The number of methoxy groups -OCH3 is 1. The molecule has 2 heterocycles. The summed E-state index contributed by atoms with van der Waals surface area (Å²) < 4.78 is 43.9. The summed E-state index contributed by atoms with van der Waals surface area (Å²) in [6.45, 7) is 0.696. The zero-order chi connectivity index (χ0) is 22.0. The number of amides is 1. The molecule has 1 aromatic carbocycles. The number of carbonyl (C=O) groups excluding carboxylic acids is 1. The van der Waals surface area contributed by atoms with Crippen molar-refractivity contribution in [3.05, 3.63) is 82.3 Å². The molecule has 0 bridgehead atoms. The Kier molecular flexibility index (Phi) is 5.73. The Morgan fingerprint density at radius 1 is 1.19 bits per heavy atom. The summed E-state index contributed by atoms with van der Waals surface area (Å²) in [4.78, 5) is 20.7. The number of hydrogen-bond acceptors (Lipinski definition) is 4. The number of pyridine rings is 1. The van der Waals surface area contributed by atoms with E-state index < -0.39 is 17.8 Å². The normalized spacial score (nSPS) is 17.0. The summed E-state index contributed by atoms with van der Waals surface area (Å²) in [5.41, 5.74) is 0.777. The summed E-state index contributed by atoms with van der Waals surface area (Å²) in [7, 11) is 1.68. The van der Waals surface area contributed by atoms with Gasteiger partial charge >= 0.3 is 6.18 Å². The average molecular weight is 427 g/mol. The summed E-state index contributed by atoms with van der Waals surface area (Å²) in [6, 6.07) is 8.54. The molecule has 4 rings (SSSR count). The first-order chi connectivity index (χ1) is 14.9. The second-order valence-corrected chi connectivity index (χ2v) is 7.30. The molecule has 0 saturated heterocycles. The number of ether oxygens (including phenoxy) is 1. The number of alkyl halides is 3. The van der Waals surface area contributed by atoms with Crippen molar-refractivity contribution in [2.75, 3.05) is 19.0 Å². The van der Waals surface area contributed by atoms with E-state index in [2.05, 4.69) is 27.4 Å². The van der Waals surface area contributed by atoms with E-state index in [0.717, 1.165) is 35.4 Å². The molecule has 2 aromatic rings. The van der Waals surface area contributed by atoms with E-state index in [9.17, 15) is 18.0 Å². The molecule has 31 heavy (non-hydrogen) atoms. The Labute approximate surface area is 176 Å². The number of anilines is 1. The van der Waals surface area contributed by atoms with Crippen molar-refractivity contribution in [2.24, 2.45) is 10.9 Å². The first-order valence-corrected chi connectivity index (χ1v) is 9.84. The molecular weight excluding hydrogens is 407 g/mol. The predicted octanol–water partition coefficient (Wildman–Crippen LogP) is 3.63. The highest BCUT2D eigenvalue weighted by Gasteiger charge is 2.33. The van der Waals surface area contributed by atoms with Crippen LogP contribution in [0.4, 0.5) is 18.9 Å². The van der Waals surface area contributed by atoms with Gasteiger partial charge in [0.1, 0.15) is 11.4 Å². The van der Waals surface area contributed by atoms with Crippen molar-refractivity contribution in [1.29, 1.82) is 0 Å². The van der Waals surface area contributed by atoms with Gasteiger partial charge in [-0.2, -0.15) is 13.2 Å². The lowest BCUT2D eigenvalue weighted by Gasteiger charge is -2.14. The largest absolute Gasteiger partial charge is 0.433 e. The molecule has 160 valence electrons. The topological polar surface area (TPSA) is 63.6 Å². The minimum absolute atomic E-state index is 0.249. The fraction of sp³-hybridized carbons (Fsp3) is 0.261. The fourth-order valence-corrected chi connectivity index (χ4v) is 3.66. The highest BCUT2D eigenvalue weighted by Crippen LogP contribution is 2.28. The van der Waals surface area contributed by atoms with Gasteiger partial charge in [-0.3, -0.25) is 4.79 Å². The van der Waals surface area contributed by atoms with Crippen LogP contribution in [-0.4, -0.2) is 24.6 Å². The lowest BCUT2D eigenvalue weighted by molar-refractivity contribution is -0.141. The van der Waals surface area contributed by atoms with Crippen LogP contribution >= 0.6 is 0 Å². The van der Waals surface area contributed by atoms with Crippen molar-refractivity contribution < 1.29 is 22.7 Å². The third-order valence-corrected chi connectivity index (χ3v) is 5.12. The van der Waals surface area contributed by atoms with Gasteiger partial charge in [0, 0.05) is 24.5 Å². The summed E-state index contributed by atoms with van der Waals surface area (Å²) in [5, 5.41) is 4.15. The molecule has 1 N–H and O–H groups in total. The van der Waals surface area contributed by atoms with E-state index in [-0.39, 0.29) is 11.6 Å². The van der Waals surface area contributed by atoms with Gasteiger partial charge in [0.15, 0.2) is 0 Å². The number of rotatable bonds is 6. The fourth-order valence-electron chi connectivity index (χ4n) is 3.66. The van der Waals surface area contributed by atoms with Crippen LogP contribution in [-0.2, 0) is 10.9 Å². The van der Waals surface area contributed by atoms with Crippen LogP contribution in [0.15, 0.2) is 65.3 Å². The van der Waals surface area contributed by atoms with E-state index in [1.807, 2.05) is 12.1 Å². The van der Waals surface area contributed by atoms with E-state index in [4.69, 9.17) is 4.74 Å². The minimum Gasteiger partial charge on any atom is -0.385 e. The van der Waals surface area contributed by atoms with Crippen LogP contribution in [0.2, 0.25) is 0 Å². The smallest absolute Gasteiger partial charge is 0.385 e. The molecule has 0 fully saturated rings. The molecule has 2 aliphatic rings. The molecule has 0 spiro atoms. The van der Waals surface area contributed by atoms with Crippen LogP contribution < -0.4 is 15.9 Å². The number of hydrogen-bond donors (Lipinski definition) is 1. The van der Waals surface area contributed by atoms with Gasteiger partial charge in [-0.1, -0.05) is 30.4 Å². The van der Waals surface area contributed by atoms with Crippen molar-refractivity contribution in [1.82, 2.24) is 4.98 Å². The first-order valence-electron chi connectivity index (χ1n) is 9.84. The number of nitrogens with one attached hydrogen (secondary N) is 1. The van der Waals surface area contributed by atoms with Crippen LogP contribution in [0.1, 0.15) is 29.0 Å². The Balaban J connectivity index is 1.63. The molecule has 1 unspecified atom stereocenters. The summed E-state index contributed by atoms with van der Waals surface area (Å²) in [5.74, 6) is -0.464. The monoisotopic (exact) mass is 427 g/mol. The Bertz CT molecular complexity index is 1200. The molecule has 0 saturated carbocycles. The highest BCUT2D eigenvalue weighted by atomic mass is 19.4. The molecule has 1 atom stereocenters. The average Bonchev–Trinajstić information content (AvgIpc) is 3.12. The number of aromatic nitrogens is 1. The van der Waals surface area contributed by atoms with Gasteiger partial charge < -0.3 is 10.1 Å². The second-order valence-electron chi connectivity index (χ2n) is 7.30. The van der Waals surface area contributed by atoms with Gasteiger partial charge in [-0.05, 0) is 43.0 Å². The maximum atomic E-state index is 12.9. The number of halogens is 3. The van der Waals surface area contributed by atoms with Crippen LogP contribution in [0.25, 0.3) is 5.57 Å². The molecule has 5 nitrogen and oxygen atoms in total. The number of carbonyl (C=O) groups is 1. The lowest BCUT2D eigenvalue weighted by atomic mass is 9.93. The van der Waals surface area contributed by atoms with E-state index in [1.54, 1.807) is 19.2 Å². The molecule has 8 heteroatoms. The zero-order valence-electron chi connectivity index (χ0n) is 16.7. The van der Waals surface area contributed by atoms with Gasteiger partial charge in [0.25, 0.3) is 5.91 Å². The zero-order valence-corrected chi connectivity index (χ0v) is 16.7. The predicted molar refractivity (Wildman–Crippen MR) is 110 cm³/mol. The third kappa shape index (κ3) is 4.44. The molecule has 1 aliphatic heterocycles. The SMILES string of the molecule is COCCCC1C=CC2=c3c(NC(=O)c4cccc(C(F)(F)F)n4)cccc3=NC2=C1. The summed E-state index contributed by atoms with van der Waals surface area (Å²) in [6.07, 6.45) is 3.42. The minimum atomic E-state index is -4.62. The van der Waals surface area contributed by atoms with Crippen LogP contribution in [0, 0.1) is 5.92 Å². The number of allylic oxidation sites excluding steroid dienone is 3. The van der Waals surface area contributed by atoms with Crippen molar-refractivity contribution in [2.45, 2.75) is 19.0 Å². The molecular formula is C23H20F3N3O2. The number of fused-ring (bicyclic) bond motifs is 2. The van der Waals surface area contributed by atoms with Crippen molar-refractivity contribution in [3.8, 4) is 0 Å². The first kappa shape index (κ1) is 21.0. The third-order valence-electron chi connectivity index (χ3n) is 5.12. The van der Waals surface area contributed by atoms with E-state index in [1.165, 1.54) is 12.1 Å². The van der Waals surface area contributed by atoms with Gasteiger partial charge in [0.2, 0.25) is 0 Å². The van der Waals surface area contributed by atoms with Crippen LogP contribution in [0.5, 0.6) is 0 Å². The molecule has 1 amide bonds. The molecule has 1 aromatic heterocycles. The quantitative estimate of drug-likeness (QED) is 0.716. The molecule has 1 aliphatic carbocycles. The van der Waals surface area contributed by atoms with E-state index in [0.29, 0.717) is 17.7 Å². The van der Waals surface area contributed by atoms with Gasteiger partial charge in [-0.15, -0.1) is 0 Å². The Morgan fingerprint density at radius 2 is 2.00 bits per heavy atom. The van der Waals surface area contributed by atoms with Crippen LogP contribution in [0.3, 0.4) is 0 Å². The van der Waals surface area contributed by atoms with Gasteiger partial charge in [0.05, 0.1) is 16.7 Å². The number of benzene rings is 1. The summed E-state index contributed by atoms with van der Waals surface area (Å²) >= 11 is 0. The van der Waals surface area contributed by atoms with Crippen molar-refractivity contribution >= 4 is 17.2 Å². The van der Waals surface area contributed by atoms with Crippen molar-refractivity contribution in [3.63, 3.8) is 0 Å².